The Labute approximate surface area is 200 Å². The number of hydrogen-bond acceptors (Lipinski definition) is 10. The van der Waals surface area contributed by atoms with Crippen molar-refractivity contribution < 1.29 is 43.6 Å². The van der Waals surface area contributed by atoms with Gasteiger partial charge in [0.25, 0.3) is 0 Å². The zero-order chi connectivity index (χ0) is 23.6. The van der Waals surface area contributed by atoms with Crippen molar-refractivity contribution in [3.8, 4) is 5.75 Å². The predicted molar refractivity (Wildman–Crippen MR) is 128 cm³/mol. The van der Waals surface area contributed by atoms with Crippen LogP contribution in [0.3, 0.4) is 0 Å². The third kappa shape index (κ3) is 4.92. The van der Waals surface area contributed by atoms with E-state index in [9.17, 15) is 38.9 Å². The first-order chi connectivity index (χ1) is 14.7. The Balaban J connectivity index is 0.00000204. The molecule has 0 aromatic heterocycles. The van der Waals surface area contributed by atoms with Crippen LogP contribution in [0.15, 0.2) is 63.7 Å². The van der Waals surface area contributed by atoms with E-state index in [1.165, 1.54) is 18.2 Å². The molecule has 0 bridgehead atoms. The molecule has 0 aliphatic heterocycles. The van der Waals surface area contributed by atoms with Crippen LogP contribution in [0.25, 0.3) is 32.3 Å². The third-order valence-electron chi connectivity index (χ3n) is 4.91. The summed E-state index contributed by atoms with van der Waals surface area (Å²) in [5.74, 6) is -0.0804. The molecule has 0 spiro atoms. The Morgan fingerprint density at radius 1 is 0.657 bits per heavy atom. The van der Waals surface area contributed by atoms with Gasteiger partial charge in [-0.2, -0.15) is 0 Å². The highest BCUT2D eigenvalue weighted by Crippen LogP contribution is 2.45. The van der Waals surface area contributed by atoms with Gasteiger partial charge < -0.3 is 36.8 Å². The average molecular weight is 550 g/mol. The van der Waals surface area contributed by atoms with Crippen molar-refractivity contribution in [3.63, 3.8) is 0 Å². The second kappa shape index (κ2) is 9.61. The fraction of sp³-hybridized carbons (Fsp3) is 0.0526. The van der Waals surface area contributed by atoms with Crippen molar-refractivity contribution in [1.29, 1.82) is 0 Å². The molecule has 0 heterocycles. The molecule has 35 heavy (non-hydrogen) atoms. The fourth-order valence-corrected chi connectivity index (χ4v) is 5.92. The minimum Gasteiger partial charge on any atom is -0.744 e. The lowest BCUT2D eigenvalue weighted by atomic mass is 9.93. The summed E-state index contributed by atoms with van der Waals surface area (Å²) in [7, 11) is -15.6. The Bertz CT molecular complexity index is 1720. The van der Waals surface area contributed by atoms with Gasteiger partial charge >= 0.3 is 0 Å². The van der Waals surface area contributed by atoms with E-state index in [2.05, 4.69) is 6.58 Å². The van der Waals surface area contributed by atoms with Crippen LogP contribution in [0.2, 0.25) is 0 Å². The van der Waals surface area contributed by atoms with Crippen molar-refractivity contribution in [3.05, 3.63) is 49.1 Å². The minimum absolute atomic E-state index is 0. The molecule has 4 rings (SSSR count). The van der Waals surface area contributed by atoms with Gasteiger partial charge in [-0.15, -0.1) is 0 Å². The van der Waals surface area contributed by atoms with Gasteiger partial charge in [0.05, 0.1) is 14.7 Å². The summed E-state index contributed by atoms with van der Waals surface area (Å²) in [6.45, 7) is 3.40. The van der Waals surface area contributed by atoms with Gasteiger partial charge in [0.1, 0.15) is 42.7 Å². The van der Waals surface area contributed by atoms with Crippen LogP contribution in [0.1, 0.15) is 0 Å². The van der Waals surface area contributed by atoms with Crippen LogP contribution < -0.4 is 23.2 Å². The summed E-state index contributed by atoms with van der Waals surface area (Å²) in [4.78, 5) is -2.66. The van der Waals surface area contributed by atoms with Crippen LogP contribution in [-0.4, -0.2) is 45.5 Å². The standard InChI is InChI=1S/C19H14O10S3.3H3N/c1-2-7-29-14-8-15(30(20,21)22)11-5-6-13-17(32(26,27)28)9-16(31(23,24)25)12-4-3-10(14)18(11)19(12)13;;;/h2-6,8-9H,1,7H2,(H,20,21,22)(H,23,24,25)(H,26,27,28);3*1H3. The molecule has 0 aliphatic carbocycles. The smallest absolute Gasteiger partial charge is 0.128 e. The lowest BCUT2D eigenvalue weighted by Crippen LogP contribution is -2.07. The second-order valence-electron chi connectivity index (χ2n) is 6.78. The summed E-state index contributed by atoms with van der Waals surface area (Å²) in [5.41, 5.74) is 0. The number of rotatable bonds is 6. The van der Waals surface area contributed by atoms with Crippen molar-refractivity contribution in [2.45, 2.75) is 14.7 Å². The first-order valence-corrected chi connectivity index (χ1v) is 12.9. The first-order valence-electron chi connectivity index (χ1n) is 8.65. The maximum atomic E-state index is 11.9. The zero-order valence-corrected chi connectivity index (χ0v) is 21.2. The fourth-order valence-electron chi connectivity index (χ4n) is 3.75. The van der Waals surface area contributed by atoms with E-state index in [0.29, 0.717) is 6.07 Å². The van der Waals surface area contributed by atoms with Gasteiger partial charge in [-0.25, -0.2) is 25.3 Å². The van der Waals surface area contributed by atoms with Crippen LogP contribution >= 0.6 is 0 Å². The average Bonchev–Trinajstić information content (AvgIpc) is 2.67. The molecule has 0 unspecified atom stereocenters. The largest absolute Gasteiger partial charge is 0.744 e. The van der Waals surface area contributed by atoms with Crippen LogP contribution in [0.4, 0.5) is 0 Å². The number of quaternary nitrogens is 3. The molecular formula is C19H23N3O10S3. The minimum atomic E-state index is -5.25. The highest BCUT2D eigenvalue weighted by molar-refractivity contribution is 7.87. The maximum Gasteiger partial charge on any atom is 0.128 e. The Kier molecular flexibility index (Phi) is 8.26. The Hall–Kier alpha value is -2.93. The molecule has 12 N–H and O–H groups in total. The van der Waals surface area contributed by atoms with E-state index >= 15 is 0 Å². The van der Waals surface area contributed by atoms with Gasteiger partial charge in [0.2, 0.25) is 0 Å². The van der Waals surface area contributed by atoms with Gasteiger partial charge in [-0.3, -0.25) is 0 Å². The van der Waals surface area contributed by atoms with Crippen molar-refractivity contribution in [2.75, 3.05) is 6.61 Å². The maximum absolute atomic E-state index is 11.9. The highest BCUT2D eigenvalue weighted by Gasteiger charge is 2.23. The second-order valence-corrected chi connectivity index (χ2v) is 10.8. The molecule has 192 valence electrons. The summed E-state index contributed by atoms with van der Waals surface area (Å²) in [5, 5.41) is -0.672. The quantitative estimate of drug-likeness (QED) is 0.179. The van der Waals surface area contributed by atoms with E-state index in [-0.39, 0.29) is 63.1 Å². The molecule has 0 atom stereocenters. The van der Waals surface area contributed by atoms with Crippen LogP contribution in [-0.2, 0) is 30.4 Å². The lowest BCUT2D eigenvalue weighted by molar-refractivity contribution is 0.366. The third-order valence-corrected chi connectivity index (χ3v) is 7.54. The molecule has 13 nitrogen and oxygen atoms in total. The summed E-state index contributed by atoms with van der Waals surface area (Å²) >= 11 is 0. The van der Waals surface area contributed by atoms with Crippen molar-refractivity contribution in [2.24, 2.45) is 0 Å². The topological polar surface area (TPSA) is 290 Å². The molecule has 0 saturated carbocycles. The summed E-state index contributed by atoms with van der Waals surface area (Å²) < 4.78 is 112. The molecule has 16 heteroatoms. The van der Waals surface area contributed by atoms with Gasteiger partial charge in [0.15, 0.2) is 0 Å². The molecule has 4 aromatic rings. The predicted octanol–water partition coefficient (Wildman–Crippen LogP) is 2.99. The van der Waals surface area contributed by atoms with E-state index in [1.54, 1.807) is 0 Å². The summed E-state index contributed by atoms with van der Waals surface area (Å²) in [6.07, 6.45) is 1.35. The van der Waals surface area contributed by atoms with Gasteiger partial charge in [-0.05, 0) is 18.2 Å². The van der Waals surface area contributed by atoms with E-state index in [1.807, 2.05) is 0 Å². The normalized spacial score (nSPS) is 12.1. The van der Waals surface area contributed by atoms with E-state index in [4.69, 9.17) is 4.74 Å². The SMILES string of the molecule is C=CCOc1cc(S(=O)(=O)[O-])c2ccc3c(S(=O)(=O)[O-])cc(S(=O)(=O)[O-])c4ccc1c2c43.[NH4+].[NH4+].[NH4+]. The summed E-state index contributed by atoms with van der Waals surface area (Å²) in [6, 6.07) is 6.23. The van der Waals surface area contributed by atoms with Gasteiger partial charge in [-0.1, -0.05) is 30.9 Å². The monoisotopic (exact) mass is 549 g/mol. The molecular weight excluding hydrogens is 526 g/mol. The van der Waals surface area contributed by atoms with Gasteiger partial charge in [0, 0.05) is 32.3 Å². The highest BCUT2D eigenvalue weighted by atomic mass is 32.2. The lowest BCUT2D eigenvalue weighted by Gasteiger charge is -2.22. The van der Waals surface area contributed by atoms with E-state index in [0.717, 1.165) is 18.2 Å². The molecule has 0 saturated heterocycles. The van der Waals surface area contributed by atoms with Crippen LogP contribution in [0.5, 0.6) is 5.75 Å². The molecule has 0 aliphatic rings. The molecule has 4 aromatic carbocycles. The van der Waals surface area contributed by atoms with Crippen molar-refractivity contribution >= 4 is 62.7 Å². The number of benzene rings is 4. The molecule has 0 fully saturated rings. The number of ether oxygens (including phenoxy) is 1. The molecule has 0 amide bonds. The zero-order valence-electron chi connectivity index (χ0n) is 18.8. The molecule has 0 radical (unpaired) electrons. The Morgan fingerprint density at radius 2 is 1.00 bits per heavy atom. The Morgan fingerprint density at radius 3 is 1.37 bits per heavy atom. The first kappa shape index (κ1) is 30.1. The van der Waals surface area contributed by atoms with Crippen molar-refractivity contribution in [1.82, 2.24) is 18.5 Å². The number of hydrogen-bond donors (Lipinski definition) is 3. The van der Waals surface area contributed by atoms with E-state index < -0.39 is 45.0 Å². The van der Waals surface area contributed by atoms with Crippen LogP contribution in [0, 0.1) is 0 Å².